The third-order valence-corrected chi connectivity index (χ3v) is 4.64. The Kier molecular flexibility index (Phi) is 4.68. The molecule has 1 aromatic carbocycles. The monoisotopic (exact) mass is 378 g/mol. The minimum atomic E-state index is -0.412. The van der Waals surface area contributed by atoms with Gasteiger partial charge in [-0.25, -0.2) is 14.8 Å². The maximum Gasteiger partial charge on any atom is 0.357 e. The lowest BCUT2D eigenvalue weighted by Gasteiger charge is -2.11. The number of methoxy groups -OCH3 is 1. The van der Waals surface area contributed by atoms with Crippen LogP contribution in [0.25, 0.3) is 32.8 Å². The average molecular weight is 378 g/mol. The Bertz CT molecular complexity index is 1200. The van der Waals surface area contributed by atoms with E-state index in [-0.39, 0.29) is 6.10 Å². The highest BCUT2D eigenvalue weighted by Crippen LogP contribution is 2.34. The van der Waals surface area contributed by atoms with E-state index in [4.69, 9.17) is 14.5 Å². The van der Waals surface area contributed by atoms with Gasteiger partial charge in [-0.1, -0.05) is 6.92 Å². The highest BCUT2D eigenvalue weighted by molar-refractivity contribution is 6.20. The maximum atomic E-state index is 12.6. The second-order valence-electron chi connectivity index (χ2n) is 6.96. The Balaban J connectivity index is 2.03. The minimum Gasteiger partial charge on any atom is -0.458 e. The van der Waals surface area contributed by atoms with Crippen LogP contribution in [0.1, 0.15) is 42.5 Å². The lowest BCUT2D eigenvalue weighted by Crippen LogP contribution is -2.15. The molecule has 1 N–H and O–H groups in total. The topological polar surface area (TPSA) is 90.0 Å². The van der Waals surface area contributed by atoms with Gasteiger partial charge in [0.1, 0.15) is 0 Å². The summed E-state index contributed by atoms with van der Waals surface area (Å²) in [7, 11) is 1.65. The summed E-state index contributed by atoms with van der Waals surface area (Å²) in [6, 6.07) is 3.92. The Labute approximate surface area is 162 Å². The third-order valence-electron chi connectivity index (χ3n) is 4.64. The SMILES string of the molecule is CCc1c(C(=O)OC(C)C)ncc2nc3ccc4[nH]c(COC)cnc4c3c12. The van der Waals surface area contributed by atoms with E-state index in [1.54, 1.807) is 19.5 Å². The van der Waals surface area contributed by atoms with Crippen molar-refractivity contribution in [3.8, 4) is 0 Å². The number of hydrogen-bond donors (Lipinski definition) is 1. The molecule has 4 aromatic rings. The molecule has 7 heteroatoms. The van der Waals surface area contributed by atoms with Crippen molar-refractivity contribution in [2.75, 3.05) is 7.11 Å². The van der Waals surface area contributed by atoms with Gasteiger partial charge < -0.3 is 14.5 Å². The smallest absolute Gasteiger partial charge is 0.357 e. The number of carbonyl (C=O) groups is 1. The van der Waals surface area contributed by atoms with Crippen molar-refractivity contribution >= 4 is 38.8 Å². The summed E-state index contributed by atoms with van der Waals surface area (Å²) < 4.78 is 10.6. The average Bonchev–Trinajstić information content (AvgIpc) is 3.05. The van der Waals surface area contributed by atoms with E-state index < -0.39 is 5.97 Å². The summed E-state index contributed by atoms with van der Waals surface area (Å²) in [6.07, 6.45) is 3.83. The van der Waals surface area contributed by atoms with Gasteiger partial charge in [0, 0.05) is 24.1 Å². The molecule has 0 atom stereocenters. The fraction of sp³-hybridized carbons (Fsp3) is 0.333. The Morgan fingerprint density at radius 2 is 1.96 bits per heavy atom. The second-order valence-corrected chi connectivity index (χ2v) is 6.96. The quantitative estimate of drug-likeness (QED) is 0.529. The molecule has 0 aliphatic carbocycles. The normalized spacial score (nSPS) is 11.8. The molecule has 4 rings (SSSR count). The third kappa shape index (κ3) is 2.97. The van der Waals surface area contributed by atoms with Crippen LogP contribution in [-0.4, -0.2) is 39.1 Å². The molecule has 3 heterocycles. The zero-order valence-corrected chi connectivity index (χ0v) is 16.4. The first-order valence-corrected chi connectivity index (χ1v) is 9.31. The number of rotatable bonds is 5. The Morgan fingerprint density at radius 1 is 1.14 bits per heavy atom. The molecule has 0 aliphatic rings. The van der Waals surface area contributed by atoms with Crippen LogP contribution in [0.15, 0.2) is 24.5 Å². The first-order valence-electron chi connectivity index (χ1n) is 9.31. The molecule has 28 heavy (non-hydrogen) atoms. The molecular weight excluding hydrogens is 356 g/mol. The van der Waals surface area contributed by atoms with E-state index >= 15 is 0 Å². The number of benzene rings is 1. The van der Waals surface area contributed by atoms with Crippen molar-refractivity contribution in [3.05, 3.63) is 41.5 Å². The number of pyridine rings is 1. The molecule has 0 amide bonds. The summed E-state index contributed by atoms with van der Waals surface area (Å²) in [5.41, 5.74) is 5.34. The van der Waals surface area contributed by atoms with Crippen LogP contribution >= 0.6 is 0 Å². The highest BCUT2D eigenvalue weighted by Gasteiger charge is 2.22. The fourth-order valence-electron chi connectivity index (χ4n) is 3.56. The van der Waals surface area contributed by atoms with Crippen molar-refractivity contribution in [2.24, 2.45) is 0 Å². The number of fused-ring (bicyclic) bond motifs is 5. The second kappa shape index (κ2) is 7.16. The van der Waals surface area contributed by atoms with Crippen molar-refractivity contribution in [1.82, 2.24) is 19.9 Å². The van der Waals surface area contributed by atoms with Gasteiger partial charge in [-0.05, 0) is 38.0 Å². The molecule has 144 valence electrons. The number of esters is 1. The number of H-pyrrole nitrogens is 1. The molecule has 0 unspecified atom stereocenters. The molecule has 0 spiro atoms. The molecular formula is C21H22N4O3. The molecule has 7 nitrogen and oxygen atoms in total. The summed E-state index contributed by atoms with van der Waals surface area (Å²) in [5, 5.41) is 1.83. The zero-order chi connectivity index (χ0) is 19.8. The highest BCUT2D eigenvalue weighted by atomic mass is 16.5. The number of nitrogens with zero attached hydrogens (tertiary/aromatic N) is 3. The molecule has 0 bridgehead atoms. The molecule has 0 radical (unpaired) electrons. The van der Waals surface area contributed by atoms with E-state index in [2.05, 4.69) is 15.0 Å². The lowest BCUT2D eigenvalue weighted by atomic mass is 10.0. The number of aryl methyl sites for hydroxylation is 1. The lowest BCUT2D eigenvalue weighted by molar-refractivity contribution is 0.0370. The standard InChI is InChI=1S/C21H22N4O3/c1-5-13-17-16(9-23-19(13)21(26)28-11(2)3)25-14-6-7-15-20(18(14)17)22-8-12(24-15)10-27-4/h6-9,11,24H,5,10H2,1-4H3. The van der Waals surface area contributed by atoms with Gasteiger partial charge in [-0.3, -0.25) is 4.98 Å². The predicted molar refractivity (Wildman–Crippen MR) is 107 cm³/mol. The largest absolute Gasteiger partial charge is 0.458 e. The Morgan fingerprint density at radius 3 is 2.68 bits per heavy atom. The van der Waals surface area contributed by atoms with Gasteiger partial charge in [0.05, 0.1) is 46.7 Å². The number of hydrogen-bond acceptors (Lipinski definition) is 6. The molecule has 3 aromatic heterocycles. The van der Waals surface area contributed by atoms with Crippen LogP contribution in [0.3, 0.4) is 0 Å². The van der Waals surface area contributed by atoms with Crippen molar-refractivity contribution in [1.29, 1.82) is 0 Å². The van der Waals surface area contributed by atoms with E-state index in [0.717, 1.165) is 44.1 Å². The summed E-state index contributed by atoms with van der Waals surface area (Å²) >= 11 is 0. The van der Waals surface area contributed by atoms with E-state index in [1.807, 2.05) is 32.9 Å². The number of aromatic nitrogens is 4. The summed E-state index contributed by atoms with van der Waals surface area (Å²) in [4.78, 5) is 29.7. The number of nitrogens with one attached hydrogen (secondary N) is 1. The van der Waals surface area contributed by atoms with E-state index in [9.17, 15) is 4.79 Å². The fourth-order valence-corrected chi connectivity index (χ4v) is 3.56. The number of carbonyl (C=O) groups excluding carboxylic acids is 1. The van der Waals surface area contributed by atoms with Gasteiger partial charge in [0.2, 0.25) is 0 Å². The number of ether oxygens (including phenoxy) is 2. The summed E-state index contributed by atoms with van der Waals surface area (Å²) in [5.74, 6) is -0.412. The van der Waals surface area contributed by atoms with Crippen LogP contribution in [0.4, 0.5) is 0 Å². The van der Waals surface area contributed by atoms with E-state index in [1.165, 1.54) is 0 Å². The van der Waals surface area contributed by atoms with Gasteiger partial charge in [-0.2, -0.15) is 0 Å². The molecule has 0 saturated carbocycles. The first-order chi connectivity index (χ1) is 13.5. The van der Waals surface area contributed by atoms with Crippen LogP contribution in [0.5, 0.6) is 0 Å². The van der Waals surface area contributed by atoms with Crippen molar-refractivity contribution < 1.29 is 14.3 Å². The van der Waals surface area contributed by atoms with Gasteiger partial charge >= 0.3 is 5.97 Å². The van der Waals surface area contributed by atoms with Crippen LogP contribution in [0.2, 0.25) is 0 Å². The minimum absolute atomic E-state index is 0.208. The zero-order valence-electron chi connectivity index (χ0n) is 16.4. The van der Waals surface area contributed by atoms with Crippen molar-refractivity contribution in [3.63, 3.8) is 0 Å². The maximum absolute atomic E-state index is 12.6. The van der Waals surface area contributed by atoms with Crippen LogP contribution < -0.4 is 0 Å². The Hall–Kier alpha value is -3.06. The van der Waals surface area contributed by atoms with E-state index in [0.29, 0.717) is 18.7 Å². The van der Waals surface area contributed by atoms with Gasteiger partial charge in [0.15, 0.2) is 5.69 Å². The predicted octanol–water partition coefficient (Wildman–Crippen LogP) is 3.93. The van der Waals surface area contributed by atoms with Gasteiger partial charge in [0.25, 0.3) is 0 Å². The molecule has 0 aliphatic heterocycles. The van der Waals surface area contributed by atoms with Crippen LogP contribution in [0, 0.1) is 0 Å². The molecule has 0 saturated heterocycles. The van der Waals surface area contributed by atoms with Crippen molar-refractivity contribution in [2.45, 2.75) is 39.9 Å². The number of aromatic amines is 1. The first kappa shape index (κ1) is 18.3. The summed E-state index contributed by atoms with van der Waals surface area (Å²) in [6.45, 7) is 6.11. The van der Waals surface area contributed by atoms with Gasteiger partial charge in [-0.15, -0.1) is 0 Å². The van der Waals surface area contributed by atoms with Crippen LogP contribution in [-0.2, 0) is 22.5 Å². The molecule has 0 fully saturated rings.